The molecule has 1 aromatic carbocycles. The molecular weight excluding hydrogens is 342 g/mol. The predicted molar refractivity (Wildman–Crippen MR) is 105 cm³/mol. The highest BCUT2D eigenvalue weighted by atomic mass is 16.2. The Kier molecular flexibility index (Phi) is 5.69. The van der Waals surface area contributed by atoms with Crippen molar-refractivity contribution in [1.82, 2.24) is 15.1 Å². The summed E-state index contributed by atoms with van der Waals surface area (Å²) in [5.74, 6) is -0.302. The number of aromatic nitrogens is 2. The van der Waals surface area contributed by atoms with Crippen molar-refractivity contribution in [2.24, 2.45) is 5.10 Å². The standard InChI is InChI=1S/C20H25N5O2/c1-14-5-6-16(3)18(11-14)25-19(26)8-7-17(23-25)20(27)21-9-4-10-24-13-15(2)12-22-24/h5-6,11-13H,4,7-10H2,1-3H3,(H,21,27). The van der Waals surface area contributed by atoms with Crippen LogP contribution in [0.3, 0.4) is 0 Å². The lowest BCUT2D eigenvalue weighted by Gasteiger charge is -2.24. The highest BCUT2D eigenvalue weighted by Gasteiger charge is 2.26. The van der Waals surface area contributed by atoms with Gasteiger partial charge in [-0.3, -0.25) is 14.3 Å². The van der Waals surface area contributed by atoms with Gasteiger partial charge in [-0.25, -0.2) is 5.01 Å². The summed E-state index contributed by atoms with van der Waals surface area (Å²) in [6.07, 6.45) is 5.21. The van der Waals surface area contributed by atoms with Gasteiger partial charge in [0.05, 0.1) is 11.9 Å². The number of amides is 2. The molecule has 0 fully saturated rings. The third kappa shape index (κ3) is 4.61. The fourth-order valence-corrected chi connectivity index (χ4v) is 2.99. The lowest BCUT2D eigenvalue weighted by molar-refractivity contribution is -0.119. The summed E-state index contributed by atoms with van der Waals surface area (Å²) in [6.45, 7) is 7.18. The smallest absolute Gasteiger partial charge is 0.267 e. The SMILES string of the molecule is Cc1ccc(C)c(N2N=C(C(=O)NCCCn3cc(C)cn3)CCC2=O)c1. The minimum Gasteiger partial charge on any atom is -0.351 e. The van der Waals surface area contributed by atoms with E-state index in [4.69, 9.17) is 0 Å². The molecule has 2 aromatic rings. The van der Waals surface area contributed by atoms with Crippen molar-refractivity contribution < 1.29 is 9.59 Å². The Morgan fingerprint density at radius 1 is 1.19 bits per heavy atom. The quantitative estimate of drug-likeness (QED) is 0.797. The van der Waals surface area contributed by atoms with Crippen molar-refractivity contribution >= 4 is 23.2 Å². The van der Waals surface area contributed by atoms with Gasteiger partial charge in [0.15, 0.2) is 0 Å². The molecule has 1 aromatic heterocycles. The third-order valence-corrected chi connectivity index (χ3v) is 4.50. The van der Waals surface area contributed by atoms with Gasteiger partial charge in [0.1, 0.15) is 5.71 Å². The van der Waals surface area contributed by atoms with E-state index in [-0.39, 0.29) is 18.2 Å². The van der Waals surface area contributed by atoms with Crippen LogP contribution in [-0.2, 0) is 16.1 Å². The molecule has 0 radical (unpaired) electrons. The summed E-state index contributed by atoms with van der Waals surface area (Å²) < 4.78 is 1.86. The third-order valence-electron chi connectivity index (χ3n) is 4.50. The number of hydrogen-bond acceptors (Lipinski definition) is 4. The molecule has 1 aliphatic heterocycles. The molecule has 27 heavy (non-hydrogen) atoms. The first-order chi connectivity index (χ1) is 12.9. The number of carbonyl (C=O) groups is 2. The van der Waals surface area contributed by atoms with Crippen LogP contribution in [0.15, 0.2) is 35.7 Å². The number of anilines is 1. The Balaban J connectivity index is 1.62. The number of aryl methyl sites for hydroxylation is 4. The minimum absolute atomic E-state index is 0.0886. The molecule has 0 spiro atoms. The van der Waals surface area contributed by atoms with E-state index < -0.39 is 0 Å². The zero-order valence-corrected chi connectivity index (χ0v) is 16.0. The highest BCUT2D eigenvalue weighted by molar-refractivity contribution is 6.40. The number of hydrazone groups is 1. The van der Waals surface area contributed by atoms with Gasteiger partial charge in [-0.05, 0) is 49.9 Å². The Morgan fingerprint density at radius 3 is 2.74 bits per heavy atom. The molecule has 3 rings (SSSR count). The minimum atomic E-state index is -0.213. The normalized spacial score (nSPS) is 14.3. The summed E-state index contributed by atoms with van der Waals surface area (Å²) in [5.41, 5.74) is 4.24. The number of hydrogen-bond donors (Lipinski definition) is 1. The number of nitrogens with zero attached hydrogens (tertiary/aromatic N) is 4. The maximum absolute atomic E-state index is 12.4. The lowest BCUT2D eigenvalue weighted by atomic mass is 10.1. The van der Waals surface area contributed by atoms with Crippen molar-refractivity contribution in [3.63, 3.8) is 0 Å². The van der Waals surface area contributed by atoms with E-state index in [2.05, 4.69) is 15.5 Å². The monoisotopic (exact) mass is 367 g/mol. The zero-order valence-electron chi connectivity index (χ0n) is 16.0. The molecule has 0 bridgehead atoms. The molecule has 2 amide bonds. The van der Waals surface area contributed by atoms with Gasteiger partial charge >= 0.3 is 0 Å². The van der Waals surface area contributed by atoms with E-state index in [1.54, 1.807) is 0 Å². The molecule has 0 saturated carbocycles. The maximum Gasteiger partial charge on any atom is 0.267 e. The maximum atomic E-state index is 12.4. The molecule has 0 saturated heterocycles. The molecule has 142 valence electrons. The largest absolute Gasteiger partial charge is 0.351 e. The zero-order chi connectivity index (χ0) is 19.4. The second kappa shape index (κ2) is 8.16. The van der Waals surface area contributed by atoms with Crippen LogP contribution in [0, 0.1) is 20.8 Å². The molecule has 0 atom stereocenters. The Morgan fingerprint density at radius 2 is 2.00 bits per heavy atom. The number of carbonyl (C=O) groups excluding carboxylic acids is 2. The van der Waals surface area contributed by atoms with E-state index >= 15 is 0 Å². The van der Waals surface area contributed by atoms with Crippen LogP contribution in [-0.4, -0.2) is 33.9 Å². The molecule has 0 unspecified atom stereocenters. The molecule has 0 aliphatic carbocycles. The summed E-state index contributed by atoms with van der Waals surface area (Å²) >= 11 is 0. The van der Waals surface area contributed by atoms with Crippen LogP contribution >= 0.6 is 0 Å². The topological polar surface area (TPSA) is 79.6 Å². The van der Waals surface area contributed by atoms with Gasteiger partial charge < -0.3 is 5.32 Å². The van der Waals surface area contributed by atoms with Gasteiger partial charge in [-0.1, -0.05) is 12.1 Å². The van der Waals surface area contributed by atoms with E-state index in [9.17, 15) is 9.59 Å². The first-order valence-corrected chi connectivity index (χ1v) is 9.19. The second-order valence-corrected chi connectivity index (χ2v) is 6.93. The molecule has 7 heteroatoms. The van der Waals surface area contributed by atoms with E-state index in [1.807, 2.05) is 56.0 Å². The average Bonchev–Trinajstić information content (AvgIpc) is 3.06. The first kappa shape index (κ1) is 18.8. The van der Waals surface area contributed by atoms with Gasteiger partial charge in [0.25, 0.3) is 5.91 Å². The van der Waals surface area contributed by atoms with Crippen LogP contribution in [0.2, 0.25) is 0 Å². The summed E-state index contributed by atoms with van der Waals surface area (Å²) in [7, 11) is 0. The first-order valence-electron chi connectivity index (χ1n) is 9.19. The lowest BCUT2D eigenvalue weighted by Crippen LogP contribution is -2.39. The van der Waals surface area contributed by atoms with Gasteiger partial charge in [0, 0.05) is 32.1 Å². The fraction of sp³-hybridized carbons (Fsp3) is 0.400. The molecular formula is C20H25N5O2. The van der Waals surface area contributed by atoms with Gasteiger partial charge in [0.2, 0.25) is 5.91 Å². The van der Waals surface area contributed by atoms with Crippen molar-refractivity contribution in [2.45, 2.75) is 46.6 Å². The number of rotatable bonds is 6. The van der Waals surface area contributed by atoms with Crippen molar-refractivity contribution in [3.05, 3.63) is 47.3 Å². The predicted octanol–water partition coefficient (Wildman–Crippen LogP) is 2.50. The Bertz CT molecular complexity index is 884. The van der Waals surface area contributed by atoms with E-state index in [1.165, 1.54) is 5.01 Å². The van der Waals surface area contributed by atoms with Crippen LogP contribution in [0.5, 0.6) is 0 Å². The van der Waals surface area contributed by atoms with Crippen LogP contribution in [0.4, 0.5) is 5.69 Å². The van der Waals surface area contributed by atoms with Crippen LogP contribution in [0.1, 0.15) is 36.0 Å². The van der Waals surface area contributed by atoms with Gasteiger partial charge in [-0.15, -0.1) is 0 Å². The average molecular weight is 367 g/mol. The van der Waals surface area contributed by atoms with Crippen LogP contribution in [0.25, 0.3) is 0 Å². The molecule has 1 N–H and O–H groups in total. The van der Waals surface area contributed by atoms with E-state index in [0.29, 0.717) is 18.7 Å². The summed E-state index contributed by atoms with van der Waals surface area (Å²) in [6, 6.07) is 5.87. The highest BCUT2D eigenvalue weighted by Crippen LogP contribution is 2.25. The Labute approximate surface area is 159 Å². The molecule has 7 nitrogen and oxygen atoms in total. The van der Waals surface area contributed by atoms with Crippen molar-refractivity contribution in [2.75, 3.05) is 11.6 Å². The molecule has 1 aliphatic rings. The Hall–Kier alpha value is -2.96. The summed E-state index contributed by atoms with van der Waals surface area (Å²) in [5, 5.41) is 12.8. The second-order valence-electron chi connectivity index (χ2n) is 6.93. The van der Waals surface area contributed by atoms with E-state index in [0.717, 1.165) is 35.3 Å². The summed E-state index contributed by atoms with van der Waals surface area (Å²) in [4.78, 5) is 24.8. The van der Waals surface area contributed by atoms with Crippen molar-refractivity contribution in [3.8, 4) is 0 Å². The van der Waals surface area contributed by atoms with Crippen LogP contribution < -0.4 is 10.3 Å². The molecule has 2 heterocycles. The van der Waals surface area contributed by atoms with Crippen molar-refractivity contribution in [1.29, 1.82) is 0 Å². The van der Waals surface area contributed by atoms with Gasteiger partial charge in [-0.2, -0.15) is 10.2 Å². The fourth-order valence-electron chi connectivity index (χ4n) is 2.99. The number of nitrogens with one attached hydrogen (secondary N) is 1. The number of benzene rings is 1.